The van der Waals surface area contributed by atoms with Crippen LogP contribution in [0.4, 0.5) is 0 Å². The van der Waals surface area contributed by atoms with Crippen molar-refractivity contribution in [3.05, 3.63) is 23.8 Å². The van der Waals surface area contributed by atoms with E-state index >= 15 is 0 Å². The molecule has 1 unspecified atom stereocenters. The summed E-state index contributed by atoms with van der Waals surface area (Å²) in [6, 6.07) is 0. The molecule has 2 heteroatoms. The first kappa shape index (κ1) is 22.8. The van der Waals surface area contributed by atoms with Crippen LogP contribution >= 0.6 is 0 Å². The molecule has 0 saturated heterocycles. The van der Waals surface area contributed by atoms with Crippen molar-refractivity contribution in [1.82, 2.24) is 9.97 Å². The van der Waals surface area contributed by atoms with Gasteiger partial charge in [0.15, 0.2) is 0 Å². The summed E-state index contributed by atoms with van der Waals surface area (Å²) >= 11 is 0. The Hall–Kier alpha value is -0.920. The zero-order valence-electron chi connectivity index (χ0n) is 19.4. The lowest BCUT2D eigenvalue weighted by molar-refractivity contribution is 0.121. The summed E-state index contributed by atoms with van der Waals surface area (Å²) in [5.74, 6) is 4.79. The maximum atomic E-state index is 4.75. The highest BCUT2D eigenvalue weighted by atomic mass is 14.9. The van der Waals surface area contributed by atoms with Gasteiger partial charge in [0.25, 0.3) is 0 Å². The fourth-order valence-corrected chi connectivity index (χ4v) is 6.10. The minimum Gasteiger partial charge on any atom is -0.241 e. The average Bonchev–Trinajstić information content (AvgIpc) is 2.79. The zero-order chi connectivity index (χ0) is 20.3. The maximum absolute atomic E-state index is 4.75. The van der Waals surface area contributed by atoms with Gasteiger partial charge in [-0.25, -0.2) is 9.97 Å². The molecule has 0 amide bonds. The lowest BCUT2D eigenvalue weighted by Crippen LogP contribution is -2.31. The van der Waals surface area contributed by atoms with E-state index in [1.807, 2.05) is 0 Å². The molecule has 1 heterocycles. The molecule has 2 nitrogen and oxygen atoms in total. The summed E-state index contributed by atoms with van der Waals surface area (Å²) < 4.78 is 0. The molecule has 0 N–H and O–H groups in total. The Balaban J connectivity index is 1.52. The van der Waals surface area contributed by atoms with Gasteiger partial charge >= 0.3 is 0 Å². The first-order chi connectivity index (χ1) is 14.3. The summed E-state index contributed by atoms with van der Waals surface area (Å²) in [4.78, 5) is 9.50. The molecule has 1 aromatic rings. The number of rotatable bonds is 11. The Labute approximate surface area is 180 Å². The number of aromatic nitrogens is 2. The van der Waals surface area contributed by atoms with Crippen LogP contribution in [0.3, 0.4) is 0 Å². The van der Waals surface area contributed by atoms with Crippen LogP contribution in [-0.2, 0) is 12.8 Å². The third-order valence-corrected chi connectivity index (χ3v) is 8.05. The van der Waals surface area contributed by atoms with Crippen molar-refractivity contribution >= 4 is 0 Å². The van der Waals surface area contributed by atoms with Gasteiger partial charge in [0.05, 0.1) is 0 Å². The van der Waals surface area contributed by atoms with E-state index in [1.165, 1.54) is 102 Å². The Morgan fingerprint density at radius 3 is 2.10 bits per heavy atom. The second-order valence-corrected chi connectivity index (χ2v) is 10.1. The number of hydrogen-bond donors (Lipinski definition) is 0. The second kappa shape index (κ2) is 12.7. The lowest BCUT2D eigenvalue weighted by atomic mass is 9.66. The molecule has 1 atom stereocenters. The number of hydrogen-bond acceptors (Lipinski definition) is 2. The standard InChI is InChI=1S/C27H46N2/c1-3-5-6-7-9-12-23-15-17-25(18-16-23)26(24-13-10-8-11-14-24)19-27-28-20-22(4-2)21-29-27/h20-21,23-26H,3-19H2,1-2H3. The first-order valence-electron chi connectivity index (χ1n) is 13.1. The Kier molecular flexibility index (Phi) is 9.97. The Morgan fingerprint density at radius 1 is 0.793 bits per heavy atom. The number of unbranched alkanes of at least 4 members (excludes halogenated alkanes) is 4. The fraction of sp³-hybridized carbons (Fsp3) is 0.852. The molecule has 29 heavy (non-hydrogen) atoms. The van der Waals surface area contributed by atoms with Gasteiger partial charge in [-0.05, 0) is 48.5 Å². The first-order valence-corrected chi connectivity index (χ1v) is 13.1. The van der Waals surface area contributed by atoms with Crippen LogP contribution in [0.15, 0.2) is 12.4 Å². The van der Waals surface area contributed by atoms with Gasteiger partial charge in [0.1, 0.15) is 5.82 Å². The molecule has 164 valence electrons. The van der Waals surface area contributed by atoms with Crippen molar-refractivity contribution in [3.63, 3.8) is 0 Å². The van der Waals surface area contributed by atoms with Crippen molar-refractivity contribution < 1.29 is 0 Å². The highest BCUT2D eigenvalue weighted by molar-refractivity contribution is 5.05. The summed E-state index contributed by atoms with van der Waals surface area (Å²) in [6.45, 7) is 4.50. The van der Waals surface area contributed by atoms with E-state index in [9.17, 15) is 0 Å². The van der Waals surface area contributed by atoms with Gasteiger partial charge in [0.2, 0.25) is 0 Å². The van der Waals surface area contributed by atoms with Gasteiger partial charge in [-0.3, -0.25) is 0 Å². The molecule has 3 rings (SSSR count). The van der Waals surface area contributed by atoms with Gasteiger partial charge < -0.3 is 0 Å². The molecule has 0 spiro atoms. The Morgan fingerprint density at radius 2 is 1.45 bits per heavy atom. The minimum absolute atomic E-state index is 0.827. The van der Waals surface area contributed by atoms with Crippen LogP contribution in [0.2, 0.25) is 0 Å². The predicted octanol–water partition coefficient (Wildman–Crippen LogP) is 7.94. The molecule has 0 radical (unpaired) electrons. The third kappa shape index (κ3) is 7.37. The quantitative estimate of drug-likeness (QED) is 0.353. The molecule has 0 aromatic carbocycles. The number of aryl methyl sites for hydroxylation is 1. The molecular formula is C27H46N2. The fourth-order valence-electron chi connectivity index (χ4n) is 6.10. The van der Waals surface area contributed by atoms with Crippen LogP contribution in [-0.4, -0.2) is 9.97 Å². The molecule has 2 saturated carbocycles. The SMILES string of the molecule is CCCCCCCC1CCC(C(Cc2ncc(CC)cn2)C2CCCCC2)CC1. The highest BCUT2D eigenvalue weighted by Crippen LogP contribution is 2.43. The topological polar surface area (TPSA) is 25.8 Å². The van der Waals surface area contributed by atoms with Crippen LogP contribution in [0.1, 0.15) is 122 Å². The third-order valence-electron chi connectivity index (χ3n) is 8.05. The van der Waals surface area contributed by atoms with Crippen LogP contribution < -0.4 is 0 Å². The van der Waals surface area contributed by atoms with Gasteiger partial charge in [0, 0.05) is 18.8 Å². The molecule has 1 aromatic heterocycles. The van der Waals surface area contributed by atoms with E-state index < -0.39 is 0 Å². The van der Waals surface area contributed by atoms with Crippen LogP contribution in [0, 0.1) is 23.7 Å². The van der Waals surface area contributed by atoms with E-state index in [2.05, 4.69) is 26.2 Å². The van der Waals surface area contributed by atoms with Gasteiger partial charge in [-0.15, -0.1) is 0 Å². The zero-order valence-corrected chi connectivity index (χ0v) is 19.4. The lowest BCUT2D eigenvalue weighted by Gasteiger charge is -2.39. The largest absolute Gasteiger partial charge is 0.241 e. The van der Waals surface area contributed by atoms with E-state index in [1.54, 1.807) is 0 Å². The average molecular weight is 399 g/mol. The molecule has 2 aliphatic carbocycles. The summed E-state index contributed by atoms with van der Waals surface area (Å²) in [5.41, 5.74) is 1.27. The van der Waals surface area contributed by atoms with Crippen molar-refractivity contribution in [2.45, 2.75) is 123 Å². The van der Waals surface area contributed by atoms with Crippen LogP contribution in [0.25, 0.3) is 0 Å². The summed E-state index contributed by atoms with van der Waals surface area (Å²) in [7, 11) is 0. The van der Waals surface area contributed by atoms with E-state index in [0.29, 0.717) is 0 Å². The maximum Gasteiger partial charge on any atom is 0.128 e. The van der Waals surface area contributed by atoms with Gasteiger partial charge in [-0.2, -0.15) is 0 Å². The normalized spacial score (nSPS) is 24.5. The second-order valence-electron chi connectivity index (χ2n) is 10.1. The molecular weight excluding hydrogens is 352 g/mol. The van der Waals surface area contributed by atoms with Crippen molar-refractivity contribution in [2.24, 2.45) is 23.7 Å². The van der Waals surface area contributed by atoms with Gasteiger partial charge in [-0.1, -0.05) is 97.3 Å². The molecule has 0 bridgehead atoms. The van der Waals surface area contributed by atoms with Crippen molar-refractivity contribution in [3.8, 4) is 0 Å². The van der Waals surface area contributed by atoms with E-state index in [0.717, 1.165) is 42.3 Å². The summed E-state index contributed by atoms with van der Waals surface area (Å²) in [5, 5.41) is 0. The Bertz CT molecular complexity index is 538. The van der Waals surface area contributed by atoms with Crippen molar-refractivity contribution in [1.29, 1.82) is 0 Å². The van der Waals surface area contributed by atoms with Crippen LogP contribution in [0.5, 0.6) is 0 Å². The molecule has 2 fully saturated rings. The minimum atomic E-state index is 0.827. The highest BCUT2D eigenvalue weighted by Gasteiger charge is 2.33. The molecule has 2 aliphatic rings. The van der Waals surface area contributed by atoms with E-state index in [4.69, 9.17) is 9.97 Å². The smallest absolute Gasteiger partial charge is 0.128 e. The summed E-state index contributed by atoms with van der Waals surface area (Å²) in [6.07, 6.45) is 28.1. The molecule has 0 aliphatic heterocycles. The number of nitrogens with zero attached hydrogens (tertiary/aromatic N) is 2. The van der Waals surface area contributed by atoms with Crippen molar-refractivity contribution in [2.75, 3.05) is 0 Å². The predicted molar refractivity (Wildman–Crippen MR) is 124 cm³/mol. The monoisotopic (exact) mass is 398 g/mol. The van der Waals surface area contributed by atoms with E-state index in [-0.39, 0.29) is 0 Å².